The van der Waals surface area contributed by atoms with Crippen molar-refractivity contribution in [2.45, 2.75) is 13.8 Å². The Hall–Kier alpha value is -2.20. The van der Waals surface area contributed by atoms with E-state index in [1.54, 1.807) is 22.2 Å². The molecular weight excluding hydrogens is 268 g/mol. The molecule has 0 fully saturated rings. The Morgan fingerprint density at radius 1 is 1.25 bits per heavy atom. The standard InChI is InChI=1S/C16H14N2OS/c1-11-3-4-15(12(2)7-11)18-8-14(9-19)16(17-18)13-5-6-20-10-13/h3-10H,1-2H3. The van der Waals surface area contributed by atoms with Crippen molar-refractivity contribution in [1.82, 2.24) is 9.78 Å². The van der Waals surface area contributed by atoms with Crippen molar-refractivity contribution < 1.29 is 4.79 Å². The Bertz CT molecular complexity index is 757. The third kappa shape index (κ3) is 2.18. The van der Waals surface area contributed by atoms with E-state index in [1.807, 2.05) is 22.9 Å². The molecular formula is C16H14N2OS. The molecule has 2 aromatic heterocycles. The normalized spacial score (nSPS) is 10.7. The fourth-order valence-corrected chi connectivity index (χ4v) is 2.92. The molecule has 0 aliphatic carbocycles. The van der Waals surface area contributed by atoms with Gasteiger partial charge in [-0.3, -0.25) is 4.79 Å². The number of aldehydes is 1. The number of thiophene rings is 1. The first-order valence-electron chi connectivity index (χ1n) is 6.34. The van der Waals surface area contributed by atoms with E-state index in [4.69, 9.17) is 0 Å². The van der Waals surface area contributed by atoms with Gasteiger partial charge in [0, 0.05) is 17.1 Å². The molecule has 0 atom stereocenters. The molecule has 3 aromatic rings. The maximum atomic E-state index is 11.3. The first-order chi connectivity index (χ1) is 9.69. The van der Waals surface area contributed by atoms with Gasteiger partial charge >= 0.3 is 0 Å². The summed E-state index contributed by atoms with van der Waals surface area (Å²) in [5, 5.41) is 8.56. The van der Waals surface area contributed by atoms with Crippen molar-refractivity contribution >= 4 is 17.6 Å². The molecule has 0 spiro atoms. The quantitative estimate of drug-likeness (QED) is 0.680. The Morgan fingerprint density at radius 2 is 2.10 bits per heavy atom. The van der Waals surface area contributed by atoms with E-state index in [9.17, 15) is 4.79 Å². The van der Waals surface area contributed by atoms with Gasteiger partial charge in [-0.25, -0.2) is 4.68 Å². The molecule has 100 valence electrons. The molecule has 3 nitrogen and oxygen atoms in total. The van der Waals surface area contributed by atoms with E-state index in [0.717, 1.165) is 28.8 Å². The van der Waals surface area contributed by atoms with Crippen LogP contribution in [-0.4, -0.2) is 16.1 Å². The van der Waals surface area contributed by atoms with Gasteiger partial charge in [0.25, 0.3) is 0 Å². The molecule has 0 amide bonds. The third-order valence-corrected chi connectivity index (χ3v) is 3.95. The Balaban J connectivity index is 2.14. The molecule has 1 aromatic carbocycles. The van der Waals surface area contributed by atoms with Gasteiger partial charge in [0.2, 0.25) is 0 Å². The number of aryl methyl sites for hydroxylation is 2. The number of carbonyl (C=O) groups excluding carboxylic acids is 1. The second kappa shape index (κ2) is 5.06. The van der Waals surface area contributed by atoms with Crippen LogP contribution in [0.3, 0.4) is 0 Å². The van der Waals surface area contributed by atoms with E-state index >= 15 is 0 Å². The zero-order chi connectivity index (χ0) is 14.1. The Labute approximate surface area is 121 Å². The summed E-state index contributed by atoms with van der Waals surface area (Å²) in [6.45, 7) is 4.11. The fourth-order valence-electron chi connectivity index (χ4n) is 2.28. The second-order valence-corrected chi connectivity index (χ2v) is 5.58. The molecule has 2 heterocycles. The SMILES string of the molecule is Cc1ccc(-n2cc(C=O)c(-c3ccsc3)n2)c(C)c1. The minimum absolute atomic E-state index is 0.614. The lowest BCUT2D eigenvalue weighted by atomic mass is 10.1. The van der Waals surface area contributed by atoms with E-state index in [-0.39, 0.29) is 0 Å². The van der Waals surface area contributed by atoms with E-state index in [2.05, 4.69) is 31.1 Å². The van der Waals surface area contributed by atoms with E-state index in [0.29, 0.717) is 5.56 Å². The van der Waals surface area contributed by atoms with Crippen molar-refractivity contribution in [3.8, 4) is 16.9 Å². The van der Waals surface area contributed by atoms with Crippen LogP contribution < -0.4 is 0 Å². The van der Waals surface area contributed by atoms with Crippen LogP contribution in [0.2, 0.25) is 0 Å². The van der Waals surface area contributed by atoms with Crippen LogP contribution in [0.5, 0.6) is 0 Å². The molecule has 0 N–H and O–H groups in total. The lowest BCUT2D eigenvalue weighted by Gasteiger charge is -2.06. The number of benzene rings is 1. The monoisotopic (exact) mass is 282 g/mol. The molecule has 4 heteroatoms. The largest absolute Gasteiger partial charge is 0.298 e. The van der Waals surface area contributed by atoms with Gasteiger partial charge in [0.1, 0.15) is 5.69 Å². The molecule has 0 saturated heterocycles. The molecule has 0 unspecified atom stereocenters. The topological polar surface area (TPSA) is 34.9 Å². The summed E-state index contributed by atoms with van der Waals surface area (Å²) in [6, 6.07) is 8.17. The van der Waals surface area contributed by atoms with Gasteiger partial charge < -0.3 is 0 Å². The number of carbonyl (C=O) groups is 1. The van der Waals surface area contributed by atoms with Gasteiger partial charge in [0.15, 0.2) is 6.29 Å². The van der Waals surface area contributed by atoms with Crippen LogP contribution in [0.1, 0.15) is 21.5 Å². The average Bonchev–Trinajstić information content (AvgIpc) is 3.07. The minimum Gasteiger partial charge on any atom is -0.298 e. The number of hydrogen-bond donors (Lipinski definition) is 0. The third-order valence-electron chi connectivity index (χ3n) is 3.26. The maximum absolute atomic E-state index is 11.3. The van der Waals surface area contributed by atoms with Crippen molar-refractivity contribution in [1.29, 1.82) is 0 Å². The van der Waals surface area contributed by atoms with Gasteiger partial charge in [0.05, 0.1) is 11.3 Å². The minimum atomic E-state index is 0.614. The highest BCUT2D eigenvalue weighted by molar-refractivity contribution is 7.08. The van der Waals surface area contributed by atoms with Gasteiger partial charge in [-0.1, -0.05) is 17.7 Å². The highest BCUT2D eigenvalue weighted by Crippen LogP contribution is 2.25. The summed E-state index contributed by atoms with van der Waals surface area (Å²) < 4.78 is 1.78. The van der Waals surface area contributed by atoms with E-state index < -0.39 is 0 Å². The number of nitrogens with zero attached hydrogens (tertiary/aromatic N) is 2. The predicted octanol–water partition coefficient (Wildman–Crippen LogP) is 4.03. The maximum Gasteiger partial charge on any atom is 0.153 e. The Kier molecular flexibility index (Phi) is 3.24. The molecule has 0 bridgehead atoms. The summed E-state index contributed by atoms with van der Waals surface area (Å²) in [7, 11) is 0. The van der Waals surface area contributed by atoms with Crippen molar-refractivity contribution in [3.63, 3.8) is 0 Å². The van der Waals surface area contributed by atoms with Crippen LogP contribution in [0.4, 0.5) is 0 Å². The van der Waals surface area contributed by atoms with Gasteiger partial charge in [-0.2, -0.15) is 16.4 Å². The van der Waals surface area contributed by atoms with Gasteiger partial charge in [-0.05, 0) is 36.9 Å². The summed E-state index contributed by atoms with van der Waals surface area (Å²) in [4.78, 5) is 11.3. The van der Waals surface area contributed by atoms with Crippen LogP contribution in [0.25, 0.3) is 16.9 Å². The molecule has 0 aliphatic heterocycles. The Morgan fingerprint density at radius 3 is 2.75 bits per heavy atom. The molecule has 0 aliphatic rings. The summed E-state index contributed by atoms with van der Waals surface area (Å²) >= 11 is 1.60. The second-order valence-electron chi connectivity index (χ2n) is 4.80. The lowest BCUT2D eigenvalue weighted by Crippen LogP contribution is -1.98. The van der Waals surface area contributed by atoms with E-state index in [1.165, 1.54) is 5.56 Å². The van der Waals surface area contributed by atoms with Crippen LogP contribution in [0.15, 0.2) is 41.2 Å². The highest BCUT2D eigenvalue weighted by atomic mass is 32.1. The number of rotatable bonds is 3. The first-order valence-corrected chi connectivity index (χ1v) is 7.28. The summed E-state index contributed by atoms with van der Waals surface area (Å²) in [5.41, 5.74) is 5.69. The van der Waals surface area contributed by atoms with Crippen molar-refractivity contribution in [2.24, 2.45) is 0 Å². The first kappa shape index (κ1) is 12.8. The van der Waals surface area contributed by atoms with Crippen LogP contribution >= 0.6 is 11.3 Å². The molecule has 3 rings (SSSR count). The molecule has 0 saturated carbocycles. The summed E-state index contributed by atoms with van der Waals surface area (Å²) in [5.74, 6) is 0. The average molecular weight is 282 g/mol. The van der Waals surface area contributed by atoms with Crippen molar-refractivity contribution in [3.05, 3.63) is 57.9 Å². The lowest BCUT2D eigenvalue weighted by molar-refractivity contribution is 0.112. The zero-order valence-corrected chi connectivity index (χ0v) is 12.1. The molecule has 20 heavy (non-hydrogen) atoms. The van der Waals surface area contributed by atoms with Gasteiger partial charge in [-0.15, -0.1) is 0 Å². The zero-order valence-electron chi connectivity index (χ0n) is 11.3. The smallest absolute Gasteiger partial charge is 0.153 e. The highest BCUT2D eigenvalue weighted by Gasteiger charge is 2.12. The predicted molar refractivity (Wildman–Crippen MR) is 81.7 cm³/mol. The van der Waals surface area contributed by atoms with Crippen molar-refractivity contribution in [2.75, 3.05) is 0 Å². The summed E-state index contributed by atoms with van der Waals surface area (Å²) in [6.07, 6.45) is 2.65. The fraction of sp³-hybridized carbons (Fsp3) is 0.125. The number of aromatic nitrogens is 2. The number of hydrogen-bond acceptors (Lipinski definition) is 3. The molecule has 0 radical (unpaired) electrons. The van der Waals surface area contributed by atoms with Crippen LogP contribution in [-0.2, 0) is 0 Å². The van der Waals surface area contributed by atoms with Crippen LogP contribution in [0, 0.1) is 13.8 Å².